The van der Waals surface area contributed by atoms with E-state index in [-0.39, 0.29) is 24.0 Å². The summed E-state index contributed by atoms with van der Waals surface area (Å²) in [5, 5.41) is 11.8. The van der Waals surface area contributed by atoms with Gasteiger partial charge >= 0.3 is 6.61 Å². The maximum absolute atomic E-state index is 12.1. The lowest BCUT2D eigenvalue weighted by Gasteiger charge is -2.07. The van der Waals surface area contributed by atoms with Gasteiger partial charge in [0, 0.05) is 17.1 Å². The van der Waals surface area contributed by atoms with E-state index < -0.39 is 6.61 Å². The van der Waals surface area contributed by atoms with Gasteiger partial charge in [-0.05, 0) is 42.0 Å². The number of amides is 1. The molecule has 1 aromatic heterocycles. The summed E-state index contributed by atoms with van der Waals surface area (Å²) in [4.78, 5) is 12.1. The summed E-state index contributed by atoms with van der Waals surface area (Å²) in [6.07, 6.45) is 0. The van der Waals surface area contributed by atoms with Gasteiger partial charge in [-0.1, -0.05) is 35.5 Å². The van der Waals surface area contributed by atoms with Crippen molar-refractivity contribution in [3.05, 3.63) is 59.1 Å². The van der Waals surface area contributed by atoms with E-state index in [4.69, 9.17) is 17.4 Å². The third kappa shape index (κ3) is 5.81. The quantitative estimate of drug-likeness (QED) is 0.413. The SMILES string of the molecule is Nn1c(SCC(=O)NCc2ccc(OC(F)F)cc2)nnc1-c1ccc(Cl)cc1. The Morgan fingerprint density at radius 2 is 1.86 bits per heavy atom. The number of nitrogen functional groups attached to an aromatic ring is 1. The van der Waals surface area contributed by atoms with E-state index in [2.05, 4.69) is 20.3 Å². The Morgan fingerprint density at radius 3 is 2.52 bits per heavy atom. The van der Waals surface area contributed by atoms with Crippen molar-refractivity contribution >= 4 is 29.3 Å². The minimum absolute atomic E-state index is 0.0596. The van der Waals surface area contributed by atoms with Gasteiger partial charge in [0.2, 0.25) is 11.1 Å². The Balaban J connectivity index is 1.50. The molecular formula is C18H16ClF2N5O2S. The van der Waals surface area contributed by atoms with Gasteiger partial charge in [-0.3, -0.25) is 4.79 Å². The zero-order chi connectivity index (χ0) is 20.8. The van der Waals surface area contributed by atoms with Crippen molar-refractivity contribution in [1.82, 2.24) is 20.2 Å². The Hall–Kier alpha value is -2.85. The summed E-state index contributed by atoms with van der Waals surface area (Å²) in [6.45, 7) is -2.62. The highest BCUT2D eigenvalue weighted by Gasteiger charge is 2.14. The standard InChI is InChI=1S/C18H16ClF2N5O2S/c19-13-5-3-12(4-6-13)16-24-25-18(26(16)22)29-10-15(27)23-9-11-1-7-14(8-2-11)28-17(20)21/h1-8,17H,9-10,22H2,(H,23,27). The first-order chi connectivity index (χ1) is 13.9. The third-order valence-electron chi connectivity index (χ3n) is 3.74. The summed E-state index contributed by atoms with van der Waals surface area (Å²) in [5.41, 5.74) is 1.50. The van der Waals surface area contributed by atoms with E-state index >= 15 is 0 Å². The van der Waals surface area contributed by atoms with E-state index in [0.717, 1.165) is 22.9 Å². The predicted molar refractivity (Wildman–Crippen MR) is 106 cm³/mol. The third-order valence-corrected chi connectivity index (χ3v) is 4.93. The second-order valence-electron chi connectivity index (χ2n) is 5.77. The van der Waals surface area contributed by atoms with Crippen molar-refractivity contribution in [2.45, 2.75) is 18.3 Å². The Kier molecular flexibility index (Phi) is 6.89. The fraction of sp³-hybridized carbons (Fsp3) is 0.167. The second-order valence-corrected chi connectivity index (χ2v) is 7.15. The molecule has 1 amide bonds. The lowest BCUT2D eigenvalue weighted by molar-refractivity contribution is -0.118. The number of carbonyl (C=O) groups is 1. The van der Waals surface area contributed by atoms with Gasteiger partial charge in [0.25, 0.3) is 0 Å². The van der Waals surface area contributed by atoms with Gasteiger partial charge in [0.05, 0.1) is 5.75 Å². The molecule has 0 saturated carbocycles. The molecule has 2 aromatic carbocycles. The van der Waals surface area contributed by atoms with Crippen molar-refractivity contribution in [3.8, 4) is 17.1 Å². The molecule has 0 radical (unpaired) electrons. The number of nitrogens with zero attached hydrogens (tertiary/aromatic N) is 3. The molecule has 0 saturated heterocycles. The number of thioether (sulfide) groups is 1. The molecular weight excluding hydrogens is 424 g/mol. The van der Waals surface area contributed by atoms with Gasteiger partial charge < -0.3 is 15.9 Å². The predicted octanol–water partition coefficient (Wildman–Crippen LogP) is 3.32. The molecule has 0 fully saturated rings. The summed E-state index contributed by atoms with van der Waals surface area (Å²) >= 11 is 7.01. The van der Waals surface area contributed by atoms with E-state index in [1.165, 1.54) is 16.8 Å². The van der Waals surface area contributed by atoms with Gasteiger partial charge in [-0.15, -0.1) is 10.2 Å². The first kappa shape index (κ1) is 20.9. The average Bonchev–Trinajstić information content (AvgIpc) is 3.06. The number of benzene rings is 2. The van der Waals surface area contributed by atoms with Crippen LogP contribution in [0.5, 0.6) is 5.75 Å². The fourth-order valence-corrected chi connectivity index (χ4v) is 3.15. The van der Waals surface area contributed by atoms with Gasteiger partial charge in [-0.2, -0.15) is 8.78 Å². The molecule has 0 aliphatic rings. The molecule has 3 rings (SSSR count). The Bertz CT molecular complexity index is 967. The molecule has 3 N–H and O–H groups in total. The number of hydrogen-bond donors (Lipinski definition) is 2. The molecule has 7 nitrogen and oxygen atoms in total. The minimum atomic E-state index is -2.87. The van der Waals surface area contributed by atoms with Crippen molar-refractivity contribution < 1.29 is 18.3 Å². The van der Waals surface area contributed by atoms with Gasteiger partial charge in [-0.25, -0.2) is 4.68 Å². The van der Waals surface area contributed by atoms with Crippen LogP contribution in [-0.2, 0) is 11.3 Å². The molecule has 29 heavy (non-hydrogen) atoms. The van der Waals surface area contributed by atoms with Crippen molar-refractivity contribution in [3.63, 3.8) is 0 Å². The molecule has 0 spiro atoms. The number of halogens is 3. The maximum Gasteiger partial charge on any atom is 0.387 e. The van der Waals surface area contributed by atoms with Crippen LogP contribution in [-0.4, -0.2) is 33.1 Å². The van der Waals surface area contributed by atoms with Crippen LogP contribution < -0.4 is 15.9 Å². The molecule has 11 heteroatoms. The molecule has 0 unspecified atom stereocenters. The van der Waals surface area contributed by atoms with E-state index in [9.17, 15) is 13.6 Å². The van der Waals surface area contributed by atoms with Gasteiger partial charge in [0.15, 0.2) is 5.82 Å². The summed E-state index contributed by atoms with van der Waals surface area (Å²) in [5.74, 6) is 6.38. The highest BCUT2D eigenvalue weighted by Crippen LogP contribution is 2.23. The smallest absolute Gasteiger partial charge is 0.387 e. The van der Waals surface area contributed by atoms with Crippen molar-refractivity contribution in [1.29, 1.82) is 0 Å². The number of aromatic nitrogens is 3. The number of nitrogens with two attached hydrogens (primary N) is 1. The molecule has 152 valence electrons. The molecule has 0 aliphatic heterocycles. The zero-order valence-electron chi connectivity index (χ0n) is 14.9. The highest BCUT2D eigenvalue weighted by atomic mass is 35.5. The monoisotopic (exact) mass is 439 g/mol. The highest BCUT2D eigenvalue weighted by molar-refractivity contribution is 7.99. The lowest BCUT2D eigenvalue weighted by Crippen LogP contribution is -2.25. The largest absolute Gasteiger partial charge is 0.435 e. The van der Waals surface area contributed by atoms with Crippen LogP contribution >= 0.6 is 23.4 Å². The van der Waals surface area contributed by atoms with E-state index in [0.29, 0.717) is 16.0 Å². The van der Waals surface area contributed by atoms with Crippen LogP contribution in [0.1, 0.15) is 5.56 Å². The summed E-state index contributed by atoms with van der Waals surface area (Å²) in [7, 11) is 0. The minimum Gasteiger partial charge on any atom is -0.435 e. The zero-order valence-corrected chi connectivity index (χ0v) is 16.5. The lowest BCUT2D eigenvalue weighted by atomic mass is 10.2. The molecule has 0 atom stereocenters. The fourth-order valence-electron chi connectivity index (χ4n) is 2.34. The first-order valence-electron chi connectivity index (χ1n) is 8.32. The average molecular weight is 440 g/mol. The van der Waals surface area contributed by atoms with Crippen molar-refractivity contribution in [2.24, 2.45) is 0 Å². The number of rotatable bonds is 8. The van der Waals surface area contributed by atoms with Crippen LogP contribution in [0.15, 0.2) is 53.7 Å². The summed E-state index contributed by atoms with van der Waals surface area (Å²) in [6, 6.07) is 13.0. The normalized spacial score (nSPS) is 10.9. The van der Waals surface area contributed by atoms with Crippen LogP contribution in [0.2, 0.25) is 5.02 Å². The van der Waals surface area contributed by atoms with Crippen LogP contribution in [0.4, 0.5) is 8.78 Å². The molecule has 0 bridgehead atoms. The van der Waals surface area contributed by atoms with Gasteiger partial charge in [0.1, 0.15) is 5.75 Å². The number of hydrogen-bond acceptors (Lipinski definition) is 6. The number of ether oxygens (including phenoxy) is 1. The van der Waals surface area contributed by atoms with Crippen molar-refractivity contribution in [2.75, 3.05) is 11.6 Å². The first-order valence-corrected chi connectivity index (χ1v) is 9.68. The van der Waals surface area contributed by atoms with E-state index in [1.807, 2.05) is 0 Å². The van der Waals surface area contributed by atoms with Crippen LogP contribution in [0.3, 0.4) is 0 Å². The Morgan fingerprint density at radius 1 is 1.17 bits per heavy atom. The number of alkyl halides is 2. The molecule has 3 aromatic rings. The number of nitrogens with one attached hydrogen (secondary N) is 1. The van der Waals surface area contributed by atoms with E-state index in [1.54, 1.807) is 36.4 Å². The Labute approximate surface area is 174 Å². The maximum atomic E-state index is 12.1. The van der Waals surface area contributed by atoms with Crippen LogP contribution in [0.25, 0.3) is 11.4 Å². The topological polar surface area (TPSA) is 95.1 Å². The van der Waals surface area contributed by atoms with Crippen LogP contribution in [0, 0.1) is 0 Å². The number of carbonyl (C=O) groups excluding carboxylic acids is 1. The molecule has 0 aliphatic carbocycles. The summed E-state index contributed by atoms with van der Waals surface area (Å²) < 4.78 is 29.9. The second kappa shape index (κ2) is 9.57. The molecule has 1 heterocycles.